The zero-order valence-corrected chi connectivity index (χ0v) is 15.5. The predicted octanol–water partition coefficient (Wildman–Crippen LogP) is 5.59. The Kier molecular flexibility index (Phi) is 9.74. The van der Waals surface area contributed by atoms with Crippen LogP contribution in [-0.4, -0.2) is 7.11 Å². The molecule has 0 atom stereocenters. The van der Waals surface area contributed by atoms with Gasteiger partial charge in [0.05, 0.1) is 12.7 Å². The predicted molar refractivity (Wildman–Crippen MR) is 96.6 cm³/mol. The summed E-state index contributed by atoms with van der Waals surface area (Å²) in [4.78, 5) is 12.3. The molecular weight excluding hydrogens is 288 g/mol. The van der Waals surface area contributed by atoms with Gasteiger partial charge in [0.15, 0.2) is 5.43 Å². The quantitative estimate of drug-likeness (QED) is 0.471. The van der Waals surface area contributed by atoms with Crippen molar-refractivity contribution < 1.29 is 9.15 Å². The molecule has 1 aromatic rings. The molecule has 0 bridgehead atoms. The molecule has 0 aliphatic rings. The minimum absolute atomic E-state index is 0.0847. The van der Waals surface area contributed by atoms with Crippen LogP contribution in [0.2, 0.25) is 0 Å². The van der Waals surface area contributed by atoms with Crippen molar-refractivity contribution in [3.8, 4) is 5.95 Å². The molecular formula is C20H34O3. The molecule has 0 amide bonds. The molecule has 23 heavy (non-hydrogen) atoms. The number of aryl methyl sites for hydroxylation is 1. The number of hydrogen-bond donors (Lipinski definition) is 0. The third-order valence-electron chi connectivity index (χ3n) is 4.54. The lowest BCUT2D eigenvalue weighted by Gasteiger charge is -2.10. The van der Waals surface area contributed by atoms with Gasteiger partial charge in [0.1, 0.15) is 5.76 Å². The molecule has 3 nitrogen and oxygen atoms in total. The average molecular weight is 322 g/mol. The van der Waals surface area contributed by atoms with E-state index in [1.807, 2.05) is 13.8 Å². The van der Waals surface area contributed by atoms with Gasteiger partial charge >= 0.3 is 0 Å². The second-order valence-electron chi connectivity index (χ2n) is 6.38. The normalized spacial score (nSPS) is 11.0. The maximum absolute atomic E-state index is 12.3. The van der Waals surface area contributed by atoms with Gasteiger partial charge in [-0.25, -0.2) is 0 Å². The van der Waals surface area contributed by atoms with Crippen molar-refractivity contribution in [2.45, 2.75) is 91.4 Å². The van der Waals surface area contributed by atoms with Gasteiger partial charge in [-0.2, -0.15) is 0 Å². The summed E-state index contributed by atoms with van der Waals surface area (Å²) in [5.41, 5.74) is 1.49. The summed E-state index contributed by atoms with van der Waals surface area (Å²) >= 11 is 0. The molecule has 0 aliphatic heterocycles. The molecule has 0 spiro atoms. The Labute approximate surface area is 141 Å². The smallest absolute Gasteiger partial charge is 0.291 e. The molecule has 0 fully saturated rings. The summed E-state index contributed by atoms with van der Waals surface area (Å²) in [5.74, 6) is 1.20. The van der Waals surface area contributed by atoms with E-state index in [1.54, 1.807) is 7.11 Å². The monoisotopic (exact) mass is 322 g/mol. The van der Waals surface area contributed by atoms with Gasteiger partial charge in [-0.05, 0) is 19.8 Å². The minimum atomic E-state index is 0.0847. The Hall–Kier alpha value is -1.25. The van der Waals surface area contributed by atoms with E-state index in [0.29, 0.717) is 17.9 Å². The standard InChI is InChI=1S/C20H34O3/c1-5-7-8-9-10-11-12-13-14-15-18-16(3)19(21)17(6-2)20(22-4)23-18/h5-15H2,1-4H3. The second-order valence-corrected chi connectivity index (χ2v) is 6.38. The van der Waals surface area contributed by atoms with Crippen LogP contribution in [0.4, 0.5) is 0 Å². The van der Waals surface area contributed by atoms with Gasteiger partial charge in [0.25, 0.3) is 5.95 Å². The van der Waals surface area contributed by atoms with Crippen molar-refractivity contribution in [2.24, 2.45) is 0 Å². The molecule has 0 radical (unpaired) electrons. The van der Waals surface area contributed by atoms with Gasteiger partial charge in [-0.1, -0.05) is 65.2 Å². The highest BCUT2D eigenvalue weighted by atomic mass is 16.6. The van der Waals surface area contributed by atoms with Crippen molar-refractivity contribution in [1.29, 1.82) is 0 Å². The zero-order valence-electron chi connectivity index (χ0n) is 15.5. The molecule has 3 heteroatoms. The highest BCUT2D eigenvalue weighted by Crippen LogP contribution is 2.21. The van der Waals surface area contributed by atoms with Crippen LogP contribution in [-0.2, 0) is 12.8 Å². The zero-order chi connectivity index (χ0) is 17.1. The fourth-order valence-electron chi connectivity index (χ4n) is 3.00. The molecule has 0 unspecified atom stereocenters. The molecule has 0 aliphatic carbocycles. The molecule has 1 heterocycles. The summed E-state index contributed by atoms with van der Waals surface area (Å²) in [7, 11) is 1.56. The van der Waals surface area contributed by atoms with E-state index in [-0.39, 0.29) is 5.43 Å². The fraction of sp³-hybridized carbons (Fsp3) is 0.750. The number of unbranched alkanes of at least 4 members (excludes halogenated alkanes) is 8. The number of hydrogen-bond acceptors (Lipinski definition) is 3. The summed E-state index contributed by atoms with van der Waals surface area (Å²) < 4.78 is 11.0. The SMILES string of the molecule is CCCCCCCCCCCc1oc(OC)c(CC)c(=O)c1C. The number of rotatable bonds is 12. The molecule has 0 aromatic carbocycles. The fourth-order valence-corrected chi connectivity index (χ4v) is 3.00. The topological polar surface area (TPSA) is 39.4 Å². The van der Waals surface area contributed by atoms with Crippen molar-refractivity contribution in [2.75, 3.05) is 7.11 Å². The van der Waals surface area contributed by atoms with Crippen LogP contribution in [0.25, 0.3) is 0 Å². The van der Waals surface area contributed by atoms with E-state index in [9.17, 15) is 4.79 Å². The van der Waals surface area contributed by atoms with Crippen LogP contribution < -0.4 is 10.2 Å². The first kappa shape index (κ1) is 19.8. The third-order valence-corrected chi connectivity index (χ3v) is 4.54. The molecule has 0 saturated carbocycles. The first-order valence-electron chi connectivity index (χ1n) is 9.35. The van der Waals surface area contributed by atoms with Gasteiger partial charge in [-0.15, -0.1) is 0 Å². The number of ether oxygens (including phenoxy) is 1. The van der Waals surface area contributed by atoms with Crippen LogP contribution >= 0.6 is 0 Å². The first-order valence-corrected chi connectivity index (χ1v) is 9.35. The van der Waals surface area contributed by atoms with Crippen LogP contribution in [0.15, 0.2) is 9.21 Å². The van der Waals surface area contributed by atoms with Crippen LogP contribution in [0.5, 0.6) is 5.95 Å². The van der Waals surface area contributed by atoms with Crippen LogP contribution in [0.3, 0.4) is 0 Å². The summed E-state index contributed by atoms with van der Waals surface area (Å²) in [5, 5.41) is 0. The van der Waals surface area contributed by atoms with Gasteiger partial charge in [0, 0.05) is 12.0 Å². The molecule has 132 valence electrons. The van der Waals surface area contributed by atoms with Gasteiger partial charge in [0.2, 0.25) is 0 Å². The second kappa shape index (κ2) is 11.3. The lowest BCUT2D eigenvalue weighted by molar-refractivity contribution is 0.276. The summed E-state index contributed by atoms with van der Waals surface area (Å²) in [6, 6.07) is 0. The largest absolute Gasteiger partial charge is 0.468 e. The lowest BCUT2D eigenvalue weighted by Crippen LogP contribution is -2.15. The van der Waals surface area contributed by atoms with Gasteiger partial charge < -0.3 is 9.15 Å². The van der Waals surface area contributed by atoms with Crippen molar-refractivity contribution >= 4 is 0 Å². The Balaban J connectivity index is 2.38. The van der Waals surface area contributed by atoms with E-state index in [4.69, 9.17) is 9.15 Å². The van der Waals surface area contributed by atoms with Crippen LogP contribution in [0.1, 0.15) is 88.5 Å². The lowest BCUT2D eigenvalue weighted by atomic mass is 10.0. The van der Waals surface area contributed by atoms with Crippen molar-refractivity contribution in [3.05, 3.63) is 27.1 Å². The molecule has 1 rings (SSSR count). The minimum Gasteiger partial charge on any atom is -0.468 e. The Morgan fingerprint density at radius 3 is 2.00 bits per heavy atom. The van der Waals surface area contributed by atoms with Crippen molar-refractivity contribution in [3.63, 3.8) is 0 Å². The highest BCUT2D eigenvalue weighted by Gasteiger charge is 2.15. The third kappa shape index (κ3) is 6.40. The Morgan fingerprint density at radius 2 is 1.48 bits per heavy atom. The van der Waals surface area contributed by atoms with E-state index < -0.39 is 0 Å². The van der Waals surface area contributed by atoms with Crippen molar-refractivity contribution in [1.82, 2.24) is 0 Å². The Morgan fingerprint density at radius 1 is 0.913 bits per heavy atom. The van der Waals surface area contributed by atoms with Crippen LogP contribution in [0, 0.1) is 6.92 Å². The Bertz CT molecular complexity index is 502. The molecule has 0 saturated heterocycles. The average Bonchev–Trinajstić information content (AvgIpc) is 2.56. The van der Waals surface area contributed by atoms with Gasteiger partial charge in [-0.3, -0.25) is 4.79 Å². The summed E-state index contributed by atoms with van der Waals surface area (Å²) in [6.07, 6.45) is 13.1. The highest BCUT2D eigenvalue weighted by molar-refractivity contribution is 5.30. The number of methoxy groups -OCH3 is 1. The first-order chi connectivity index (χ1) is 11.2. The maximum atomic E-state index is 12.3. The van der Waals surface area contributed by atoms with E-state index in [0.717, 1.165) is 24.2 Å². The van der Waals surface area contributed by atoms with E-state index >= 15 is 0 Å². The molecule has 0 N–H and O–H groups in total. The van der Waals surface area contributed by atoms with E-state index in [2.05, 4.69) is 6.92 Å². The van der Waals surface area contributed by atoms with E-state index in [1.165, 1.54) is 51.4 Å². The summed E-state index contributed by atoms with van der Waals surface area (Å²) in [6.45, 7) is 6.07. The maximum Gasteiger partial charge on any atom is 0.291 e. The molecule has 1 aromatic heterocycles.